The number of nitrogens with one attached hydrogen (secondary N) is 1. The Kier molecular flexibility index (Phi) is 7.48. The van der Waals surface area contributed by atoms with Crippen molar-refractivity contribution in [3.63, 3.8) is 0 Å². The molecule has 1 unspecified atom stereocenters. The van der Waals surface area contributed by atoms with Crippen LogP contribution in [-0.4, -0.2) is 12.7 Å². The van der Waals surface area contributed by atoms with Crippen molar-refractivity contribution in [3.05, 3.63) is 42.0 Å². The zero-order valence-electron chi connectivity index (χ0n) is 12.7. The Bertz CT molecular complexity index is 422. The average molecular weight is 275 g/mol. The largest absolute Gasteiger partial charge is 0.449 e. The number of carbonyl (C=O) groups excluding carboxylic acids is 1. The van der Waals surface area contributed by atoms with Gasteiger partial charge < -0.3 is 4.74 Å². The van der Waals surface area contributed by atoms with Crippen molar-refractivity contribution >= 4 is 11.8 Å². The third kappa shape index (κ3) is 7.62. The van der Waals surface area contributed by atoms with E-state index in [4.69, 9.17) is 4.74 Å². The number of rotatable bonds is 7. The average Bonchev–Trinajstić information content (AvgIpc) is 2.42. The molecule has 0 saturated carbocycles. The van der Waals surface area contributed by atoms with Gasteiger partial charge in [-0.3, -0.25) is 5.32 Å². The van der Waals surface area contributed by atoms with Crippen molar-refractivity contribution in [2.24, 2.45) is 5.92 Å². The van der Waals surface area contributed by atoms with Gasteiger partial charge in [0, 0.05) is 5.69 Å². The van der Waals surface area contributed by atoms with Crippen LogP contribution in [0.1, 0.15) is 40.0 Å². The van der Waals surface area contributed by atoms with Crippen LogP contribution in [0.5, 0.6) is 0 Å². The molecule has 1 rings (SSSR count). The van der Waals surface area contributed by atoms with Crippen molar-refractivity contribution in [3.8, 4) is 0 Å². The number of para-hydroxylation sites is 1. The summed E-state index contributed by atoms with van der Waals surface area (Å²) in [6.45, 7) is 6.93. The first-order chi connectivity index (χ1) is 9.58. The molecule has 3 heteroatoms. The molecular formula is C17H25NO2. The fraction of sp³-hybridized carbons (Fsp3) is 0.471. The first kappa shape index (κ1) is 16.3. The lowest BCUT2D eigenvalue weighted by molar-refractivity contribution is 0.157. The maximum Gasteiger partial charge on any atom is 0.411 e. The molecule has 0 aliphatic heterocycles. The summed E-state index contributed by atoms with van der Waals surface area (Å²) in [5.41, 5.74) is 2.12. The van der Waals surface area contributed by atoms with Crippen LogP contribution in [0.3, 0.4) is 0 Å². The van der Waals surface area contributed by atoms with Gasteiger partial charge in [-0.15, -0.1) is 0 Å². The maximum absolute atomic E-state index is 11.5. The van der Waals surface area contributed by atoms with E-state index in [2.05, 4.69) is 32.2 Å². The lowest BCUT2D eigenvalue weighted by Gasteiger charge is -2.10. The van der Waals surface area contributed by atoms with Crippen molar-refractivity contribution in [1.82, 2.24) is 0 Å². The van der Waals surface area contributed by atoms with Crippen molar-refractivity contribution in [2.75, 3.05) is 11.9 Å². The lowest BCUT2D eigenvalue weighted by Crippen LogP contribution is -2.14. The summed E-state index contributed by atoms with van der Waals surface area (Å²) in [4.78, 5) is 11.5. The fourth-order valence-corrected chi connectivity index (χ4v) is 1.83. The van der Waals surface area contributed by atoms with E-state index in [-0.39, 0.29) is 6.09 Å². The highest BCUT2D eigenvalue weighted by Crippen LogP contribution is 2.12. The lowest BCUT2D eigenvalue weighted by atomic mass is 10.0. The predicted molar refractivity (Wildman–Crippen MR) is 83.9 cm³/mol. The maximum atomic E-state index is 11.5. The van der Waals surface area contributed by atoms with E-state index in [9.17, 15) is 4.79 Å². The molecule has 1 aromatic rings. The van der Waals surface area contributed by atoms with E-state index in [1.165, 1.54) is 5.57 Å². The topological polar surface area (TPSA) is 38.3 Å². The minimum Gasteiger partial charge on any atom is -0.449 e. The Hall–Kier alpha value is -1.77. The summed E-state index contributed by atoms with van der Waals surface area (Å²) >= 11 is 0. The van der Waals surface area contributed by atoms with Crippen molar-refractivity contribution in [1.29, 1.82) is 0 Å². The van der Waals surface area contributed by atoms with Crippen LogP contribution in [0.4, 0.5) is 10.5 Å². The number of benzene rings is 1. The summed E-state index contributed by atoms with van der Waals surface area (Å²) in [5, 5.41) is 2.70. The van der Waals surface area contributed by atoms with Crippen LogP contribution in [0.15, 0.2) is 42.0 Å². The third-order valence-corrected chi connectivity index (χ3v) is 3.02. The Morgan fingerprint density at radius 2 is 2.00 bits per heavy atom. The summed E-state index contributed by atoms with van der Waals surface area (Å²) in [5.74, 6) is 0.630. The summed E-state index contributed by atoms with van der Waals surface area (Å²) in [6.07, 6.45) is 4.95. The number of amides is 1. The number of ether oxygens (including phenoxy) is 1. The van der Waals surface area contributed by atoms with E-state index < -0.39 is 0 Å². The quantitative estimate of drug-likeness (QED) is 0.561. The highest BCUT2D eigenvalue weighted by atomic mass is 16.5. The van der Waals surface area contributed by atoms with Gasteiger partial charge in [-0.05, 0) is 51.2 Å². The normalized spacial score (nSPS) is 11.6. The molecule has 0 aliphatic rings. The highest BCUT2D eigenvalue weighted by molar-refractivity contribution is 5.84. The second-order valence-electron chi connectivity index (χ2n) is 5.39. The molecule has 0 spiro atoms. The minimum atomic E-state index is -0.381. The third-order valence-electron chi connectivity index (χ3n) is 3.02. The van der Waals surface area contributed by atoms with Gasteiger partial charge >= 0.3 is 6.09 Å². The van der Waals surface area contributed by atoms with Crippen molar-refractivity contribution < 1.29 is 9.53 Å². The van der Waals surface area contributed by atoms with Crippen LogP contribution >= 0.6 is 0 Å². The Balaban J connectivity index is 2.12. The number of carbonyl (C=O) groups is 1. The van der Waals surface area contributed by atoms with Gasteiger partial charge in [-0.25, -0.2) is 4.79 Å². The second kappa shape index (κ2) is 9.18. The molecule has 0 bridgehead atoms. The second-order valence-corrected chi connectivity index (χ2v) is 5.39. The van der Waals surface area contributed by atoms with Gasteiger partial charge in [0.2, 0.25) is 0 Å². The first-order valence-corrected chi connectivity index (χ1v) is 7.20. The van der Waals surface area contributed by atoms with Crippen LogP contribution < -0.4 is 5.32 Å². The number of hydrogen-bond donors (Lipinski definition) is 1. The molecule has 1 atom stereocenters. The zero-order valence-corrected chi connectivity index (χ0v) is 12.7. The van der Waals surface area contributed by atoms with Crippen LogP contribution in [0.25, 0.3) is 0 Å². The molecule has 110 valence electrons. The van der Waals surface area contributed by atoms with Crippen LogP contribution in [-0.2, 0) is 4.74 Å². The van der Waals surface area contributed by atoms with Gasteiger partial charge in [0.15, 0.2) is 0 Å². The van der Waals surface area contributed by atoms with Gasteiger partial charge in [0.25, 0.3) is 0 Å². The Morgan fingerprint density at radius 3 is 2.65 bits per heavy atom. The van der Waals surface area contributed by atoms with Crippen molar-refractivity contribution in [2.45, 2.75) is 40.0 Å². The smallest absolute Gasteiger partial charge is 0.411 e. The highest BCUT2D eigenvalue weighted by Gasteiger charge is 2.04. The van der Waals surface area contributed by atoms with Crippen LogP contribution in [0.2, 0.25) is 0 Å². The molecule has 0 fully saturated rings. The standard InChI is InChI=1S/C17H25NO2/c1-14(2)11-12-15(3)8-7-13-20-17(19)18-16-9-5-4-6-10-16/h4-6,9-11,15H,7-8,12-13H2,1-3H3,(H,18,19). The van der Waals surface area contributed by atoms with Gasteiger partial charge in [0.05, 0.1) is 6.61 Å². The number of hydrogen-bond acceptors (Lipinski definition) is 2. The van der Waals surface area contributed by atoms with E-state index >= 15 is 0 Å². The summed E-state index contributed by atoms with van der Waals surface area (Å²) in [6, 6.07) is 9.33. The van der Waals surface area contributed by atoms with E-state index in [0.717, 1.165) is 24.9 Å². The molecular weight excluding hydrogens is 250 g/mol. The molecule has 20 heavy (non-hydrogen) atoms. The monoisotopic (exact) mass is 275 g/mol. The molecule has 1 amide bonds. The van der Waals surface area contributed by atoms with Crippen LogP contribution in [0, 0.1) is 5.92 Å². The SMILES string of the molecule is CC(C)=CCC(C)CCCOC(=O)Nc1ccccc1. The van der Waals surface area contributed by atoms with E-state index in [1.807, 2.05) is 30.3 Å². The Morgan fingerprint density at radius 1 is 1.30 bits per heavy atom. The zero-order chi connectivity index (χ0) is 14.8. The van der Waals surface area contributed by atoms with E-state index in [0.29, 0.717) is 12.5 Å². The molecule has 0 saturated heterocycles. The van der Waals surface area contributed by atoms with Gasteiger partial charge in [-0.2, -0.15) is 0 Å². The fourth-order valence-electron chi connectivity index (χ4n) is 1.83. The molecule has 0 aliphatic carbocycles. The number of allylic oxidation sites excluding steroid dienone is 2. The first-order valence-electron chi connectivity index (χ1n) is 7.20. The number of anilines is 1. The van der Waals surface area contributed by atoms with Gasteiger partial charge in [0.1, 0.15) is 0 Å². The van der Waals surface area contributed by atoms with E-state index in [1.54, 1.807) is 0 Å². The predicted octanol–water partition coefficient (Wildman–Crippen LogP) is 5.01. The minimum absolute atomic E-state index is 0.381. The molecule has 0 aromatic heterocycles. The van der Waals surface area contributed by atoms with Gasteiger partial charge in [-0.1, -0.05) is 36.8 Å². The molecule has 1 aromatic carbocycles. The molecule has 0 heterocycles. The molecule has 0 radical (unpaired) electrons. The molecule has 1 N–H and O–H groups in total. The Labute approximate surface area is 122 Å². The summed E-state index contributed by atoms with van der Waals surface area (Å²) in [7, 11) is 0. The summed E-state index contributed by atoms with van der Waals surface area (Å²) < 4.78 is 5.16. The molecule has 3 nitrogen and oxygen atoms in total.